The number of hydrogen-bond acceptors (Lipinski definition) is 6. The van der Waals surface area contributed by atoms with E-state index in [-0.39, 0.29) is 0 Å². The quantitative estimate of drug-likeness (QED) is 0.905. The maximum Gasteiger partial charge on any atom is 0.185 e. The van der Waals surface area contributed by atoms with Gasteiger partial charge in [-0.1, -0.05) is 0 Å². The molecule has 19 heavy (non-hydrogen) atoms. The minimum atomic E-state index is 0.755. The van der Waals surface area contributed by atoms with Gasteiger partial charge in [-0.15, -0.1) is 11.3 Å². The number of nitrogens with two attached hydrogens (primary N) is 1. The standard InChI is InChI=1S/C13H17N5S/c1-10-11(14)2-3-12(16-10)17-5-7-18(8-6-17)13-15-4-9-19-13/h2-4,9H,5-8,14H2,1H3. The molecule has 2 aromatic rings. The number of thiazole rings is 1. The molecule has 3 rings (SSSR count). The van der Waals surface area contributed by atoms with Crippen LogP contribution in [0.2, 0.25) is 0 Å². The zero-order chi connectivity index (χ0) is 13.2. The summed E-state index contributed by atoms with van der Waals surface area (Å²) in [6.07, 6.45) is 1.86. The van der Waals surface area contributed by atoms with Crippen LogP contribution < -0.4 is 15.5 Å². The van der Waals surface area contributed by atoms with Gasteiger partial charge in [-0.3, -0.25) is 0 Å². The van der Waals surface area contributed by atoms with Crippen molar-refractivity contribution in [2.24, 2.45) is 0 Å². The van der Waals surface area contributed by atoms with Crippen molar-refractivity contribution in [3.05, 3.63) is 29.4 Å². The molecule has 0 aromatic carbocycles. The number of aromatic nitrogens is 2. The van der Waals surface area contributed by atoms with Gasteiger partial charge in [0.1, 0.15) is 5.82 Å². The van der Waals surface area contributed by atoms with E-state index >= 15 is 0 Å². The predicted molar refractivity (Wildman–Crippen MR) is 79.9 cm³/mol. The Hall–Kier alpha value is -1.82. The Bertz CT molecular complexity index is 546. The number of pyridine rings is 1. The van der Waals surface area contributed by atoms with Crippen molar-refractivity contribution in [1.82, 2.24) is 9.97 Å². The summed E-state index contributed by atoms with van der Waals surface area (Å²) in [5.74, 6) is 1.02. The number of piperazine rings is 1. The first-order valence-electron chi connectivity index (χ1n) is 6.36. The van der Waals surface area contributed by atoms with Crippen LogP contribution in [0.5, 0.6) is 0 Å². The second kappa shape index (κ2) is 5.05. The molecule has 0 amide bonds. The molecule has 3 heterocycles. The van der Waals surface area contributed by atoms with Crippen LogP contribution in [0.3, 0.4) is 0 Å². The Morgan fingerprint density at radius 1 is 1.16 bits per heavy atom. The Kier molecular flexibility index (Phi) is 3.25. The lowest BCUT2D eigenvalue weighted by Gasteiger charge is -2.35. The summed E-state index contributed by atoms with van der Waals surface area (Å²) in [6, 6.07) is 3.94. The van der Waals surface area contributed by atoms with E-state index in [2.05, 4.69) is 19.8 Å². The molecule has 6 heteroatoms. The van der Waals surface area contributed by atoms with E-state index in [0.29, 0.717) is 0 Å². The second-order valence-corrected chi connectivity index (χ2v) is 5.51. The van der Waals surface area contributed by atoms with Gasteiger partial charge < -0.3 is 15.5 Å². The van der Waals surface area contributed by atoms with Crippen molar-refractivity contribution in [3.63, 3.8) is 0 Å². The van der Waals surface area contributed by atoms with E-state index in [1.807, 2.05) is 30.6 Å². The molecule has 5 nitrogen and oxygen atoms in total. The fourth-order valence-corrected chi connectivity index (χ4v) is 2.93. The Balaban J connectivity index is 1.68. The van der Waals surface area contributed by atoms with Gasteiger partial charge >= 0.3 is 0 Å². The topological polar surface area (TPSA) is 58.3 Å². The highest BCUT2D eigenvalue weighted by Gasteiger charge is 2.19. The van der Waals surface area contributed by atoms with E-state index in [9.17, 15) is 0 Å². The molecule has 0 aliphatic carbocycles. The van der Waals surface area contributed by atoms with Crippen LogP contribution in [0.1, 0.15) is 5.69 Å². The molecule has 0 unspecified atom stereocenters. The number of nitrogens with zero attached hydrogens (tertiary/aromatic N) is 4. The molecule has 0 atom stereocenters. The molecule has 100 valence electrons. The fraction of sp³-hybridized carbons (Fsp3) is 0.385. The minimum Gasteiger partial charge on any atom is -0.397 e. The molecule has 0 spiro atoms. The summed E-state index contributed by atoms with van der Waals surface area (Å²) in [5, 5.41) is 3.13. The Labute approximate surface area is 116 Å². The minimum absolute atomic E-state index is 0.755. The van der Waals surface area contributed by atoms with Gasteiger partial charge in [-0.2, -0.15) is 0 Å². The third-order valence-electron chi connectivity index (χ3n) is 3.41. The van der Waals surface area contributed by atoms with Gasteiger partial charge in [0.2, 0.25) is 0 Å². The first-order valence-corrected chi connectivity index (χ1v) is 7.24. The lowest BCUT2D eigenvalue weighted by Crippen LogP contribution is -2.46. The van der Waals surface area contributed by atoms with Gasteiger partial charge in [0.15, 0.2) is 5.13 Å². The van der Waals surface area contributed by atoms with Gasteiger partial charge in [0.25, 0.3) is 0 Å². The average molecular weight is 275 g/mol. The van der Waals surface area contributed by atoms with E-state index < -0.39 is 0 Å². The summed E-state index contributed by atoms with van der Waals surface area (Å²) >= 11 is 1.70. The van der Waals surface area contributed by atoms with Gasteiger partial charge in [-0.25, -0.2) is 9.97 Å². The molecule has 0 radical (unpaired) electrons. The van der Waals surface area contributed by atoms with Crippen LogP contribution in [0.25, 0.3) is 0 Å². The Morgan fingerprint density at radius 2 is 1.89 bits per heavy atom. The largest absolute Gasteiger partial charge is 0.397 e. The highest BCUT2D eigenvalue weighted by molar-refractivity contribution is 7.13. The molecule has 1 aliphatic heterocycles. The van der Waals surface area contributed by atoms with Crippen LogP contribution >= 0.6 is 11.3 Å². The van der Waals surface area contributed by atoms with Gasteiger partial charge in [0, 0.05) is 37.8 Å². The van der Waals surface area contributed by atoms with Crippen LogP contribution in [0.4, 0.5) is 16.6 Å². The van der Waals surface area contributed by atoms with E-state index in [0.717, 1.165) is 48.5 Å². The normalized spacial score (nSPS) is 15.8. The average Bonchev–Trinajstić information content (AvgIpc) is 2.96. The van der Waals surface area contributed by atoms with Crippen molar-refractivity contribution in [2.75, 3.05) is 41.7 Å². The summed E-state index contributed by atoms with van der Waals surface area (Å²) in [4.78, 5) is 13.5. The Morgan fingerprint density at radius 3 is 2.53 bits per heavy atom. The van der Waals surface area contributed by atoms with Crippen molar-refractivity contribution in [2.45, 2.75) is 6.92 Å². The van der Waals surface area contributed by atoms with Crippen molar-refractivity contribution >= 4 is 28.0 Å². The van der Waals surface area contributed by atoms with Crippen LogP contribution in [-0.4, -0.2) is 36.1 Å². The van der Waals surface area contributed by atoms with Crippen molar-refractivity contribution in [1.29, 1.82) is 0 Å². The third kappa shape index (κ3) is 2.49. The number of hydrogen-bond donors (Lipinski definition) is 1. The SMILES string of the molecule is Cc1nc(N2CCN(c3nccs3)CC2)ccc1N. The molecule has 0 bridgehead atoms. The van der Waals surface area contributed by atoms with Crippen LogP contribution in [0.15, 0.2) is 23.7 Å². The number of nitrogen functional groups attached to an aromatic ring is 1. The first-order chi connectivity index (χ1) is 9.24. The van der Waals surface area contributed by atoms with Crippen molar-refractivity contribution in [3.8, 4) is 0 Å². The highest BCUT2D eigenvalue weighted by atomic mass is 32.1. The summed E-state index contributed by atoms with van der Waals surface area (Å²) in [6.45, 7) is 5.85. The number of aryl methyl sites for hydroxylation is 1. The highest BCUT2D eigenvalue weighted by Crippen LogP contribution is 2.22. The smallest absolute Gasteiger partial charge is 0.185 e. The monoisotopic (exact) mass is 275 g/mol. The lowest BCUT2D eigenvalue weighted by molar-refractivity contribution is 0.645. The maximum absolute atomic E-state index is 5.81. The van der Waals surface area contributed by atoms with Crippen LogP contribution in [-0.2, 0) is 0 Å². The third-order valence-corrected chi connectivity index (χ3v) is 4.24. The molecule has 1 fully saturated rings. The zero-order valence-corrected chi connectivity index (χ0v) is 11.7. The summed E-state index contributed by atoms with van der Waals surface area (Å²) < 4.78 is 0. The second-order valence-electron chi connectivity index (χ2n) is 4.63. The number of rotatable bonds is 2. The van der Waals surface area contributed by atoms with Crippen molar-refractivity contribution < 1.29 is 0 Å². The molecule has 1 aliphatic rings. The molecule has 0 saturated carbocycles. The zero-order valence-electron chi connectivity index (χ0n) is 10.9. The first kappa shape index (κ1) is 12.2. The lowest BCUT2D eigenvalue weighted by atomic mass is 10.3. The maximum atomic E-state index is 5.81. The predicted octanol–water partition coefficient (Wildman–Crippen LogP) is 1.76. The van der Waals surface area contributed by atoms with Gasteiger partial charge in [0.05, 0.1) is 11.4 Å². The molecule has 2 N–H and O–H groups in total. The van der Waals surface area contributed by atoms with Gasteiger partial charge in [-0.05, 0) is 19.1 Å². The summed E-state index contributed by atoms with van der Waals surface area (Å²) in [5.41, 5.74) is 7.47. The van der Waals surface area contributed by atoms with Crippen LogP contribution in [0, 0.1) is 6.92 Å². The molecule has 2 aromatic heterocycles. The molecule has 1 saturated heterocycles. The van der Waals surface area contributed by atoms with E-state index in [1.165, 1.54) is 0 Å². The number of anilines is 3. The van der Waals surface area contributed by atoms with E-state index in [1.54, 1.807) is 11.3 Å². The molecular formula is C13H17N5S. The fourth-order valence-electron chi connectivity index (χ4n) is 2.23. The van der Waals surface area contributed by atoms with E-state index in [4.69, 9.17) is 5.73 Å². The summed E-state index contributed by atoms with van der Waals surface area (Å²) in [7, 11) is 0. The molecular weight excluding hydrogens is 258 g/mol.